The first kappa shape index (κ1) is 11.6. The molecule has 17 heavy (non-hydrogen) atoms. The first-order valence-electron chi connectivity index (χ1n) is 5.34. The van der Waals surface area contributed by atoms with Crippen molar-refractivity contribution in [1.29, 1.82) is 0 Å². The Morgan fingerprint density at radius 1 is 1.65 bits per heavy atom. The molecule has 7 nitrogen and oxygen atoms in total. The van der Waals surface area contributed by atoms with E-state index in [1.54, 1.807) is 11.9 Å². The number of aromatic nitrogens is 1. The first-order valence-corrected chi connectivity index (χ1v) is 5.34. The van der Waals surface area contributed by atoms with E-state index in [-0.39, 0.29) is 17.6 Å². The van der Waals surface area contributed by atoms with Gasteiger partial charge in [-0.3, -0.25) is 14.9 Å². The van der Waals surface area contributed by atoms with Gasteiger partial charge in [0.1, 0.15) is 5.69 Å². The Morgan fingerprint density at radius 3 is 2.82 bits per heavy atom. The van der Waals surface area contributed by atoms with Crippen LogP contribution < -0.4 is 5.73 Å². The van der Waals surface area contributed by atoms with E-state index < -0.39 is 4.92 Å². The molecule has 0 radical (unpaired) electrons. The molecule has 2 N–H and O–H groups in total. The highest BCUT2D eigenvalue weighted by molar-refractivity contribution is 5.93. The van der Waals surface area contributed by atoms with Crippen molar-refractivity contribution in [2.24, 2.45) is 12.8 Å². The van der Waals surface area contributed by atoms with Crippen molar-refractivity contribution in [2.75, 3.05) is 13.1 Å². The largest absolute Gasteiger partial charge is 0.340 e. The summed E-state index contributed by atoms with van der Waals surface area (Å²) in [5.41, 5.74) is 5.98. The summed E-state index contributed by atoms with van der Waals surface area (Å²) < 4.78 is 1.48. The topological polar surface area (TPSA) is 94.4 Å². The number of hydrogen-bond donors (Lipinski definition) is 1. The number of hydrogen-bond acceptors (Lipinski definition) is 4. The minimum absolute atomic E-state index is 0.00852. The standard InChI is InChI=1S/C10H14N4O3/c1-12-6-8(14(16)17)4-9(12)10(15)13-3-2-7(11)5-13/h4,6-7H,2-3,5,11H2,1H3/t7-/m0/s1. The summed E-state index contributed by atoms with van der Waals surface area (Å²) in [5.74, 6) is -0.200. The van der Waals surface area contributed by atoms with Crippen molar-refractivity contribution < 1.29 is 9.72 Å². The molecule has 0 bridgehead atoms. The van der Waals surface area contributed by atoms with Crippen LogP contribution in [0.2, 0.25) is 0 Å². The summed E-state index contributed by atoms with van der Waals surface area (Å²) in [6.45, 7) is 1.12. The zero-order valence-corrected chi connectivity index (χ0v) is 9.50. The van der Waals surface area contributed by atoms with Crippen molar-refractivity contribution in [1.82, 2.24) is 9.47 Å². The number of amides is 1. The number of aryl methyl sites for hydroxylation is 1. The van der Waals surface area contributed by atoms with Gasteiger partial charge in [-0.05, 0) is 6.42 Å². The second-order valence-corrected chi connectivity index (χ2v) is 4.25. The molecule has 0 saturated carbocycles. The Kier molecular flexibility index (Phi) is 2.84. The zero-order valence-electron chi connectivity index (χ0n) is 9.50. The summed E-state index contributed by atoms with van der Waals surface area (Å²) in [6, 6.07) is 1.31. The lowest BCUT2D eigenvalue weighted by atomic mass is 10.3. The molecule has 7 heteroatoms. The van der Waals surface area contributed by atoms with Gasteiger partial charge in [-0.15, -0.1) is 0 Å². The lowest BCUT2D eigenvalue weighted by molar-refractivity contribution is -0.384. The molecule has 1 aliphatic rings. The molecule has 0 spiro atoms. The van der Waals surface area contributed by atoms with Gasteiger partial charge >= 0.3 is 0 Å². The number of carbonyl (C=O) groups excluding carboxylic acids is 1. The van der Waals surface area contributed by atoms with Gasteiger partial charge in [-0.2, -0.15) is 0 Å². The Hall–Kier alpha value is -1.89. The van der Waals surface area contributed by atoms with Gasteiger partial charge in [0.05, 0.1) is 11.1 Å². The van der Waals surface area contributed by atoms with Gasteiger partial charge < -0.3 is 15.2 Å². The SMILES string of the molecule is Cn1cc([N+](=O)[O-])cc1C(=O)N1CC[C@H](N)C1. The molecule has 1 aromatic heterocycles. The molecular formula is C10H14N4O3. The Bertz CT molecular complexity index is 468. The molecule has 1 saturated heterocycles. The Labute approximate surface area is 97.9 Å². The molecular weight excluding hydrogens is 224 g/mol. The molecule has 2 rings (SSSR count). The normalized spacial score (nSPS) is 19.6. The summed E-state index contributed by atoms with van der Waals surface area (Å²) >= 11 is 0. The number of nitrogens with zero attached hydrogens (tertiary/aromatic N) is 3. The second kappa shape index (κ2) is 4.17. The van der Waals surface area contributed by atoms with Crippen molar-refractivity contribution in [3.05, 3.63) is 28.1 Å². The highest BCUT2D eigenvalue weighted by atomic mass is 16.6. The van der Waals surface area contributed by atoms with E-state index >= 15 is 0 Å². The van der Waals surface area contributed by atoms with E-state index in [4.69, 9.17) is 5.73 Å². The zero-order chi connectivity index (χ0) is 12.6. The molecule has 92 valence electrons. The predicted octanol–water partition coefficient (Wildman–Crippen LogP) is 0.106. The monoisotopic (exact) mass is 238 g/mol. The van der Waals surface area contributed by atoms with Gasteiger partial charge in [0.2, 0.25) is 0 Å². The van der Waals surface area contributed by atoms with E-state index in [1.165, 1.54) is 16.8 Å². The number of carbonyl (C=O) groups is 1. The quantitative estimate of drug-likeness (QED) is 0.584. The lowest BCUT2D eigenvalue weighted by Gasteiger charge is -2.15. The minimum Gasteiger partial charge on any atom is -0.340 e. The van der Waals surface area contributed by atoms with Crippen molar-refractivity contribution in [2.45, 2.75) is 12.5 Å². The first-order chi connectivity index (χ1) is 7.99. The number of nitro groups is 1. The van der Waals surface area contributed by atoms with Crippen LogP contribution in [-0.4, -0.2) is 39.4 Å². The van der Waals surface area contributed by atoms with Gasteiger partial charge in [0.15, 0.2) is 0 Å². The van der Waals surface area contributed by atoms with Crippen LogP contribution in [0.25, 0.3) is 0 Å². The fraction of sp³-hybridized carbons (Fsp3) is 0.500. The highest BCUT2D eigenvalue weighted by Gasteiger charge is 2.27. The summed E-state index contributed by atoms with van der Waals surface area (Å²) in [7, 11) is 1.62. The maximum absolute atomic E-state index is 12.1. The molecule has 0 aliphatic carbocycles. The summed E-state index contributed by atoms with van der Waals surface area (Å²) in [5, 5.41) is 10.6. The summed E-state index contributed by atoms with van der Waals surface area (Å²) in [4.78, 5) is 23.8. The smallest absolute Gasteiger partial charge is 0.287 e. The molecule has 0 unspecified atom stereocenters. The molecule has 2 heterocycles. The van der Waals surface area contributed by atoms with E-state index in [0.29, 0.717) is 18.8 Å². The Morgan fingerprint density at radius 2 is 2.35 bits per heavy atom. The van der Waals surface area contributed by atoms with Gasteiger partial charge in [-0.1, -0.05) is 0 Å². The molecule has 1 aliphatic heterocycles. The fourth-order valence-corrected chi connectivity index (χ4v) is 1.99. The molecule has 1 fully saturated rings. The van der Waals surface area contributed by atoms with Crippen LogP contribution in [0.1, 0.15) is 16.9 Å². The molecule has 0 aromatic carbocycles. The minimum atomic E-state index is -0.507. The maximum Gasteiger partial charge on any atom is 0.287 e. The fourth-order valence-electron chi connectivity index (χ4n) is 1.99. The van der Waals surface area contributed by atoms with Crippen LogP contribution >= 0.6 is 0 Å². The van der Waals surface area contributed by atoms with Gasteiger partial charge in [0.25, 0.3) is 11.6 Å². The van der Waals surface area contributed by atoms with Crippen LogP contribution in [-0.2, 0) is 7.05 Å². The van der Waals surface area contributed by atoms with Crippen LogP contribution in [0.15, 0.2) is 12.3 Å². The predicted molar refractivity (Wildman–Crippen MR) is 60.6 cm³/mol. The Balaban J connectivity index is 2.22. The van der Waals surface area contributed by atoms with E-state index in [9.17, 15) is 14.9 Å². The van der Waals surface area contributed by atoms with E-state index in [1.807, 2.05) is 0 Å². The second-order valence-electron chi connectivity index (χ2n) is 4.25. The van der Waals surface area contributed by atoms with Crippen LogP contribution in [0, 0.1) is 10.1 Å². The maximum atomic E-state index is 12.1. The molecule has 1 aromatic rings. The number of rotatable bonds is 2. The van der Waals surface area contributed by atoms with Crippen molar-refractivity contribution in [3.63, 3.8) is 0 Å². The molecule has 1 atom stereocenters. The lowest BCUT2D eigenvalue weighted by Crippen LogP contribution is -2.32. The van der Waals surface area contributed by atoms with Crippen LogP contribution in [0.5, 0.6) is 0 Å². The van der Waals surface area contributed by atoms with Gasteiger partial charge in [-0.25, -0.2) is 0 Å². The average molecular weight is 238 g/mol. The third-order valence-corrected chi connectivity index (χ3v) is 2.93. The summed E-state index contributed by atoms with van der Waals surface area (Å²) in [6.07, 6.45) is 2.11. The average Bonchev–Trinajstić information content (AvgIpc) is 2.84. The third kappa shape index (κ3) is 2.14. The van der Waals surface area contributed by atoms with Crippen LogP contribution in [0.4, 0.5) is 5.69 Å². The van der Waals surface area contributed by atoms with E-state index in [2.05, 4.69) is 0 Å². The number of likely N-dealkylation sites (tertiary alicyclic amines) is 1. The molecule has 1 amide bonds. The van der Waals surface area contributed by atoms with Gasteiger partial charge in [0, 0.05) is 32.2 Å². The number of nitrogens with two attached hydrogens (primary N) is 1. The third-order valence-electron chi connectivity index (χ3n) is 2.93. The van der Waals surface area contributed by atoms with Crippen LogP contribution in [0.3, 0.4) is 0 Å². The van der Waals surface area contributed by atoms with Crippen molar-refractivity contribution >= 4 is 11.6 Å². The highest BCUT2D eigenvalue weighted by Crippen LogP contribution is 2.18. The van der Waals surface area contributed by atoms with Crippen molar-refractivity contribution in [3.8, 4) is 0 Å². The van der Waals surface area contributed by atoms with E-state index in [0.717, 1.165) is 6.42 Å².